The van der Waals surface area contributed by atoms with E-state index < -0.39 is 82.0 Å². The van der Waals surface area contributed by atoms with E-state index in [-0.39, 0.29) is 53.1 Å². The molecule has 452 valence electrons. The average Bonchev–Trinajstić information content (AvgIpc) is 1.84. The van der Waals surface area contributed by atoms with Gasteiger partial charge in [0, 0.05) is 25.2 Å². The molecule has 2 aliphatic rings. The number of rotatable bonds is 13. The molecule has 20 nitrogen and oxygen atoms in total. The summed E-state index contributed by atoms with van der Waals surface area (Å²) >= 11 is 2.02. The number of aromatic nitrogens is 6. The van der Waals surface area contributed by atoms with Crippen LogP contribution in [0.4, 0.5) is 17.6 Å². The summed E-state index contributed by atoms with van der Waals surface area (Å²) < 4.78 is 72.8. The van der Waals surface area contributed by atoms with Gasteiger partial charge >= 0.3 is 17.9 Å². The van der Waals surface area contributed by atoms with Crippen molar-refractivity contribution in [3.63, 3.8) is 0 Å². The minimum atomic E-state index is -1.06. The lowest BCUT2D eigenvalue weighted by Crippen LogP contribution is -2.31. The number of carbonyl (C=O) groups is 7. The van der Waals surface area contributed by atoms with Gasteiger partial charge in [0.15, 0.2) is 34.6 Å². The molecule has 4 N–H and O–H groups in total. The number of hydrogen-bond donors (Lipinski definition) is 4. The predicted molar refractivity (Wildman–Crippen MR) is 315 cm³/mol. The minimum absolute atomic E-state index is 0.0293. The van der Waals surface area contributed by atoms with Crippen LogP contribution in [0.25, 0.3) is 11.3 Å². The molecule has 0 spiro atoms. The fourth-order valence-electron chi connectivity index (χ4n) is 10.2. The molecule has 0 unspecified atom stereocenters. The van der Waals surface area contributed by atoms with Crippen LogP contribution < -0.4 is 21.3 Å². The molecule has 0 bridgehead atoms. The van der Waals surface area contributed by atoms with E-state index in [9.17, 15) is 51.1 Å². The molecule has 4 amide bonds. The number of hydrogen-bond acceptors (Lipinski definition) is 14. The maximum Gasteiger partial charge on any atom is 0.343 e. The molecular weight excluding hydrogens is 1250 g/mol. The first-order chi connectivity index (χ1) is 41.1. The van der Waals surface area contributed by atoms with E-state index in [0.717, 1.165) is 62.2 Å². The Bertz CT molecular complexity index is 4140. The highest BCUT2D eigenvalue weighted by atomic mass is 127. The number of benzene rings is 4. The Labute approximate surface area is 509 Å². The molecule has 0 fully saturated rings. The number of ether oxygens (including phenoxy) is 3. The van der Waals surface area contributed by atoms with Crippen LogP contribution in [0.3, 0.4) is 0 Å². The molecule has 2 aliphatic carbocycles. The van der Waals surface area contributed by atoms with Gasteiger partial charge in [0.25, 0.3) is 23.6 Å². The minimum Gasteiger partial charge on any atom is -0.465 e. The van der Waals surface area contributed by atoms with Gasteiger partial charge in [-0.3, -0.25) is 19.2 Å². The van der Waals surface area contributed by atoms with Gasteiger partial charge in [-0.1, -0.05) is 24.3 Å². The molecule has 4 aromatic heterocycles. The summed E-state index contributed by atoms with van der Waals surface area (Å²) in [7, 11) is 1.17. The number of amides is 4. The third-order valence-electron chi connectivity index (χ3n) is 14.3. The van der Waals surface area contributed by atoms with Gasteiger partial charge < -0.3 is 35.5 Å². The molecule has 2 atom stereocenters. The SMILES string of the molecule is COC(=O)c1cnn2c(C(=O)N[C@H]3CCc4c3ccc(C(=O)OC(C)(C)C)c4C)cc(C(=O)NCc3ccc(F)c(F)c3)nc12.Cc1c(C(=O)OC(C)(C)C)ccc2c1CC[C@@H]2NC(=O)c1cc(C(=O)NCc2ccc(F)c(F)c2)nc2c(I)cnn12. The van der Waals surface area contributed by atoms with Crippen LogP contribution in [-0.2, 0) is 40.1 Å². The number of nitrogens with zero attached hydrogens (tertiary/aromatic N) is 6. The smallest absolute Gasteiger partial charge is 0.343 e. The average molecular weight is 1310 g/mol. The molecule has 25 heteroatoms. The van der Waals surface area contributed by atoms with Crippen molar-refractivity contribution in [2.75, 3.05) is 7.11 Å². The van der Waals surface area contributed by atoms with Crippen LogP contribution in [-0.4, -0.2) is 89.0 Å². The number of esters is 3. The Kier molecular flexibility index (Phi) is 18.0. The van der Waals surface area contributed by atoms with Gasteiger partial charge in [0.1, 0.15) is 39.5 Å². The third kappa shape index (κ3) is 13.8. The van der Waals surface area contributed by atoms with Crippen LogP contribution >= 0.6 is 22.6 Å². The standard InChI is InChI=1S/C32H31F2N5O6.C30H28F2IN5O4/c1-16-18-9-11-24(20(18)8-7-19(16)31(43)45-32(2,3)4)38-29(41)26-13-25(37-27-21(30(42)44-5)15-36-39(26)27)28(40)35-14-17-6-10-22(33)23(34)12-17;1-15-17-8-10-23(19(17)7-6-18(15)29(41)42-30(2,3)4)37-28(40)25-12-24(36-26-22(33)14-35-38(25)26)27(39)34-13-16-5-9-20(31)21(32)11-16/h6-8,10,12-13,15,24H,9,11,14H2,1-5H3,(H,35,40)(H,38,41);5-7,9,11-12,14,23H,8,10,13H2,1-4H3,(H,34,39)(H,37,40)/t24-;23-/m00/s1. The number of halogens is 5. The summed E-state index contributed by atoms with van der Waals surface area (Å²) in [6, 6.07) is 15.5. The molecule has 0 aliphatic heterocycles. The fourth-order valence-corrected chi connectivity index (χ4v) is 10.7. The molecule has 0 saturated heterocycles. The van der Waals surface area contributed by atoms with E-state index in [4.69, 9.17) is 14.2 Å². The van der Waals surface area contributed by atoms with E-state index >= 15 is 0 Å². The molecular formula is C62H59F4IN10O10. The zero-order valence-corrected chi connectivity index (χ0v) is 50.8. The molecule has 8 aromatic rings. The van der Waals surface area contributed by atoms with Crippen LogP contribution in [0.15, 0.2) is 85.2 Å². The highest BCUT2D eigenvalue weighted by molar-refractivity contribution is 14.1. The number of nitrogens with one attached hydrogen (secondary N) is 4. The third-order valence-corrected chi connectivity index (χ3v) is 15.1. The van der Waals surface area contributed by atoms with Gasteiger partial charge in [-0.15, -0.1) is 0 Å². The van der Waals surface area contributed by atoms with Gasteiger partial charge in [-0.25, -0.2) is 50.9 Å². The Morgan fingerprint density at radius 2 is 0.977 bits per heavy atom. The second kappa shape index (κ2) is 25.1. The van der Waals surface area contributed by atoms with Crippen LogP contribution in [0.2, 0.25) is 0 Å². The monoisotopic (exact) mass is 1310 g/mol. The Hall–Kier alpha value is -9.14. The lowest BCUT2D eigenvalue weighted by Gasteiger charge is -2.21. The van der Waals surface area contributed by atoms with Crippen LogP contribution in [0.1, 0.15) is 184 Å². The normalized spacial score (nSPS) is 14.3. The summed E-state index contributed by atoms with van der Waals surface area (Å²) in [4.78, 5) is 99.9. The van der Waals surface area contributed by atoms with Crippen LogP contribution in [0.5, 0.6) is 0 Å². The van der Waals surface area contributed by atoms with Crippen LogP contribution in [0, 0.1) is 40.7 Å². The second-order valence-corrected chi connectivity index (χ2v) is 23.8. The molecule has 4 aromatic carbocycles. The summed E-state index contributed by atoms with van der Waals surface area (Å²) in [5, 5.41) is 19.6. The summed E-state index contributed by atoms with van der Waals surface area (Å²) in [5.74, 6) is -8.04. The zero-order chi connectivity index (χ0) is 63.0. The van der Waals surface area contributed by atoms with Crippen molar-refractivity contribution >= 4 is 75.4 Å². The maximum atomic E-state index is 13.7. The van der Waals surface area contributed by atoms with Crippen molar-refractivity contribution in [3.05, 3.63) is 196 Å². The number of fused-ring (bicyclic) bond motifs is 4. The molecule has 87 heavy (non-hydrogen) atoms. The second-order valence-electron chi connectivity index (χ2n) is 22.7. The topological polar surface area (TPSA) is 256 Å². The maximum absolute atomic E-state index is 13.7. The van der Waals surface area contributed by atoms with Gasteiger partial charge in [0.05, 0.1) is 46.3 Å². The Morgan fingerprint density at radius 3 is 1.40 bits per heavy atom. The van der Waals surface area contributed by atoms with E-state index in [0.29, 0.717) is 57.2 Å². The largest absolute Gasteiger partial charge is 0.465 e. The van der Waals surface area contributed by atoms with Gasteiger partial charge in [-0.2, -0.15) is 10.2 Å². The van der Waals surface area contributed by atoms with Crippen molar-refractivity contribution in [2.24, 2.45) is 0 Å². The van der Waals surface area contributed by atoms with Crippen molar-refractivity contribution < 1.29 is 65.3 Å². The zero-order valence-electron chi connectivity index (χ0n) is 48.6. The summed E-state index contributed by atoms with van der Waals surface area (Å²) in [5.41, 5.74) is 5.60. The van der Waals surface area contributed by atoms with E-state index in [1.807, 2.05) is 63.3 Å². The highest BCUT2D eigenvalue weighted by Crippen LogP contribution is 2.37. The van der Waals surface area contributed by atoms with Crippen molar-refractivity contribution in [1.29, 1.82) is 0 Å². The molecule has 0 saturated carbocycles. The lowest BCUT2D eigenvalue weighted by molar-refractivity contribution is 0.00559. The molecule has 0 radical (unpaired) electrons. The van der Waals surface area contributed by atoms with Gasteiger partial charge in [-0.05, 0) is 185 Å². The van der Waals surface area contributed by atoms with E-state index in [1.54, 1.807) is 39.0 Å². The van der Waals surface area contributed by atoms with E-state index in [1.165, 1.54) is 48.3 Å². The first kappa shape index (κ1) is 62.4. The van der Waals surface area contributed by atoms with Crippen molar-refractivity contribution in [1.82, 2.24) is 50.5 Å². The number of methoxy groups -OCH3 is 1. The Balaban J connectivity index is 0.000000208. The number of carbonyl (C=O) groups excluding carboxylic acids is 7. The van der Waals surface area contributed by atoms with Crippen molar-refractivity contribution in [2.45, 2.75) is 117 Å². The van der Waals surface area contributed by atoms with Gasteiger partial charge in [0.2, 0.25) is 0 Å². The lowest BCUT2D eigenvalue weighted by atomic mass is 9.97. The summed E-state index contributed by atoms with van der Waals surface area (Å²) in [6.45, 7) is 14.3. The summed E-state index contributed by atoms with van der Waals surface area (Å²) in [6.07, 6.45) is 5.19. The quantitative estimate of drug-likeness (QED) is 0.0363. The highest BCUT2D eigenvalue weighted by Gasteiger charge is 2.33. The van der Waals surface area contributed by atoms with E-state index in [2.05, 4.69) is 41.4 Å². The molecule has 4 heterocycles. The first-order valence-corrected chi connectivity index (χ1v) is 28.5. The first-order valence-electron chi connectivity index (χ1n) is 27.4. The fraction of sp³-hybridized carbons (Fsp3) is 0.306. The predicted octanol–water partition coefficient (Wildman–Crippen LogP) is 9.63. The Morgan fingerprint density at radius 1 is 0.552 bits per heavy atom. The van der Waals surface area contributed by atoms with Crippen molar-refractivity contribution in [3.8, 4) is 0 Å². The molecule has 10 rings (SSSR count).